The molecule has 0 spiro atoms. The Balaban J connectivity index is 2.30. The van der Waals surface area contributed by atoms with E-state index in [4.69, 9.17) is 0 Å². The number of rotatable bonds is 1. The van der Waals surface area contributed by atoms with Gasteiger partial charge in [0.15, 0.2) is 0 Å². The minimum absolute atomic E-state index is 0.163. The van der Waals surface area contributed by atoms with Gasteiger partial charge in [0, 0.05) is 24.2 Å². The van der Waals surface area contributed by atoms with Gasteiger partial charge in [0.25, 0.3) is 5.56 Å². The van der Waals surface area contributed by atoms with Crippen molar-refractivity contribution in [1.29, 1.82) is 0 Å². The molecule has 5 nitrogen and oxygen atoms in total. The number of aromatic nitrogens is 4. The molecule has 82 valence electrons. The van der Waals surface area contributed by atoms with Crippen LogP contribution in [0.1, 0.15) is 0 Å². The largest absolute Gasteiger partial charge is 0.306 e. The lowest BCUT2D eigenvalue weighted by molar-refractivity contribution is 1.16. The number of fused-ring (bicyclic) bond motifs is 1. The first-order valence-corrected chi connectivity index (χ1v) is 5.09. The van der Waals surface area contributed by atoms with Gasteiger partial charge in [0.1, 0.15) is 5.82 Å². The molecule has 0 saturated carbocycles. The summed E-state index contributed by atoms with van der Waals surface area (Å²) in [7, 11) is 0. The molecular weight excluding hydrogens is 216 g/mol. The standard InChI is InChI=1S/C12H8N4O/c17-12-9-3-6-14-7-10(9)15-11(16-12)8-1-4-13-5-2-8/h1-7H,(H,15,16,17). The highest BCUT2D eigenvalue weighted by Gasteiger charge is 2.04. The van der Waals surface area contributed by atoms with E-state index in [0.717, 1.165) is 5.56 Å². The summed E-state index contributed by atoms with van der Waals surface area (Å²) in [5.74, 6) is 0.526. The quantitative estimate of drug-likeness (QED) is 0.677. The summed E-state index contributed by atoms with van der Waals surface area (Å²) in [5, 5.41) is 0.540. The van der Waals surface area contributed by atoms with E-state index in [1.165, 1.54) is 0 Å². The highest BCUT2D eigenvalue weighted by molar-refractivity contribution is 5.78. The Labute approximate surface area is 96.2 Å². The fourth-order valence-corrected chi connectivity index (χ4v) is 1.64. The van der Waals surface area contributed by atoms with Crippen LogP contribution in [0.25, 0.3) is 22.3 Å². The van der Waals surface area contributed by atoms with Gasteiger partial charge >= 0.3 is 0 Å². The monoisotopic (exact) mass is 224 g/mol. The van der Waals surface area contributed by atoms with E-state index >= 15 is 0 Å². The molecular formula is C12H8N4O. The maximum Gasteiger partial charge on any atom is 0.259 e. The molecule has 0 aliphatic rings. The van der Waals surface area contributed by atoms with Gasteiger partial charge in [-0.2, -0.15) is 0 Å². The Morgan fingerprint density at radius 1 is 1.00 bits per heavy atom. The zero-order valence-electron chi connectivity index (χ0n) is 8.79. The molecule has 0 saturated heterocycles. The highest BCUT2D eigenvalue weighted by Crippen LogP contribution is 2.13. The van der Waals surface area contributed by atoms with E-state index in [1.807, 2.05) is 0 Å². The van der Waals surface area contributed by atoms with Gasteiger partial charge in [-0.1, -0.05) is 0 Å². The summed E-state index contributed by atoms with van der Waals surface area (Å²) in [6, 6.07) is 5.23. The maximum absolute atomic E-state index is 11.8. The number of aromatic amines is 1. The first kappa shape index (κ1) is 9.65. The first-order valence-electron chi connectivity index (χ1n) is 5.09. The van der Waals surface area contributed by atoms with Crippen LogP contribution in [-0.4, -0.2) is 19.9 Å². The van der Waals surface area contributed by atoms with Crippen molar-refractivity contribution < 1.29 is 0 Å². The second kappa shape index (κ2) is 3.79. The number of H-pyrrole nitrogens is 1. The van der Waals surface area contributed by atoms with E-state index in [0.29, 0.717) is 16.7 Å². The normalized spacial score (nSPS) is 10.6. The van der Waals surface area contributed by atoms with Crippen molar-refractivity contribution in [2.24, 2.45) is 0 Å². The third-order valence-electron chi connectivity index (χ3n) is 2.46. The first-order chi connectivity index (χ1) is 8.34. The van der Waals surface area contributed by atoms with Crippen molar-refractivity contribution in [3.05, 3.63) is 53.3 Å². The van der Waals surface area contributed by atoms with Crippen LogP contribution in [0, 0.1) is 0 Å². The lowest BCUT2D eigenvalue weighted by Gasteiger charge is -2.01. The molecule has 0 bridgehead atoms. The smallest absolute Gasteiger partial charge is 0.259 e. The summed E-state index contributed by atoms with van der Waals surface area (Å²) in [6.07, 6.45) is 6.46. The van der Waals surface area contributed by atoms with Crippen molar-refractivity contribution in [2.75, 3.05) is 0 Å². The number of nitrogens with zero attached hydrogens (tertiary/aromatic N) is 3. The molecule has 0 radical (unpaired) electrons. The zero-order chi connectivity index (χ0) is 11.7. The van der Waals surface area contributed by atoms with Crippen LogP contribution in [0.3, 0.4) is 0 Å². The predicted molar refractivity (Wildman–Crippen MR) is 63.4 cm³/mol. The van der Waals surface area contributed by atoms with E-state index in [1.54, 1.807) is 43.0 Å². The van der Waals surface area contributed by atoms with Gasteiger partial charge in [0.05, 0.1) is 17.1 Å². The maximum atomic E-state index is 11.8. The molecule has 17 heavy (non-hydrogen) atoms. The minimum atomic E-state index is -0.163. The second-order valence-corrected chi connectivity index (χ2v) is 3.54. The third kappa shape index (κ3) is 1.67. The average molecular weight is 224 g/mol. The second-order valence-electron chi connectivity index (χ2n) is 3.54. The number of hydrogen-bond acceptors (Lipinski definition) is 4. The van der Waals surface area contributed by atoms with Gasteiger partial charge in [-0.25, -0.2) is 4.98 Å². The number of pyridine rings is 2. The molecule has 0 aliphatic heterocycles. The van der Waals surface area contributed by atoms with E-state index in [-0.39, 0.29) is 5.56 Å². The molecule has 0 fully saturated rings. The lowest BCUT2D eigenvalue weighted by atomic mass is 10.2. The van der Waals surface area contributed by atoms with Crippen molar-refractivity contribution in [3.63, 3.8) is 0 Å². The molecule has 3 heterocycles. The molecule has 0 unspecified atom stereocenters. The molecule has 5 heteroatoms. The fraction of sp³-hybridized carbons (Fsp3) is 0. The van der Waals surface area contributed by atoms with E-state index < -0.39 is 0 Å². The average Bonchev–Trinajstić information content (AvgIpc) is 2.40. The van der Waals surface area contributed by atoms with Crippen LogP contribution in [0.15, 0.2) is 47.8 Å². The number of nitrogens with one attached hydrogen (secondary N) is 1. The van der Waals surface area contributed by atoms with Crippen LogP contribution >= 0.6 is 0 Å². The van der Waals surface area contributed by atoms with Gasteiger partial charge in [-0.05, 0) is 18.2 Å². The zero-order valence-corrected chi connectivity index (χ0v) is 8.79. The number of hydrogen-bond donors (Lipinski definition) is 1. The van der Waals surface area contributed by atoms with Gasteiger partial charge in [0.2, 0.25) is 0 Å². The Kier molecular flexibility index (Phi) is 2.15. The van der Waals surface area contributed by atoms with Gasteiger partial charge in [-0.15, -0.1) is 0 Å². The Bertz CT molecular complexity index is 721. The minimum Gasteiger partial charge on any atom is -0.306 e. The van der Waals surface area contributed by atoms with Crippen LogP contribution in [0.5, 0.6) is 0 Å². The Morgan fingerprint density at radius 3 is 2.59 bits per heavy atom. The van der Waals surface area contributed by atoms with Crippen molar-refractivity contribution in [3.8, 4) is 11.4 Å². The van der Waals surface area contributed by atoms with Crippen LogP contribution < -0.4 is 5.56 Å². The van der Waals surface area contributed by atoms with Crippen LogP contribution in [0.2, 0.25) is 0 Å². The lowest BCUT2D eigenvalue weighted by Crippen LogP contribution is -2.09. The van der Waals surface area contributed by atoms with E-state index in [2.05, 4.69) is 19.9 Å². The summed E-state index contributed by atoms with van der Waals surface area (Å²) in [5.41, 5.74) is 1.25. The van der Waals surface area contributed by atoms with Crippen LogP contribution in [-0.2, 0) is 0 Å². The predicted octanol–water partition coefficient (Wildman–Crippen LogP) is 1.38. The third-order valence-corrected chi connectivity index (χ3v) is 2.46. The van der Waals surface area contributed by atoms with Crippen LogP contribution in [0.4, 0.5) is 0 Å². The topological polar surface area (TPSA) is 71.5 Å². The SMILES string of the molecule is O=c1[nH]c(-c2ccncc2)nc2cnccc12. The molecule has 0 atom stereocenters. The summed E-state index contributed by atoms with van der Waals surface area (Å²) < 4.78 is 0. The molecule has 1 N–H and O–H groups in total. The fourth-order valence-electron chi connectivity index (χ4n) is 1.64. The van der Waals surface area contributed by atoms with Gasteiger partial charge in [-0.3, -0.25) is 14.8 Å². The molecule has 3 aromatic rings. The highest BCUT2D eigenvalue weighted by atomic mass is 16.1. The van der Waals surface area contributed by atoms with Crippen molar-refractivity contribution in [2.45, 2.75) is 0 Å². The van der Waals surface area contributed by atoms with Crippen molar-refractivity contribution in [1.82, 2.24) is 19.9 Å². The Morgan fingerprint density at radius 2 is 1.76 bits per heavy atom. The van der Waals surface area contributed by atoms with E-state index in [9.17, 15) is 4.79 Å². The summed E-state index contributed by atoms with van der Waals surface area (Å²) in [4.78, 5) is 26.8. The van der Waals surface area contributed by atoms with Gasteiger partial charge < -0.3 is 4.98 Å². The molecule has 0 aliphatic carbocycles. The Hall–Kier alpha value is -2.56. The summed E-state index contributed by atoms with van der Waals surface area (Å²) >= 11 is 0. The molecule has 3 rings (SSSR count). The molecule has 3 aromatic heterocycles. The summed E-state index contributed by atoms with van der Waals surface area (Å²) in [6.45, 7) is 0. The molecule has 0 amide bonds. The molecule has 0 aromatic carbocycles. The van der Waals surface area contributed by atoms with Crippen molar-refractivity contribution >= 4 is 10.9 Å².